The normalized spacial score (nSPS) is 13.9. The molecule has 0 saturated carbocycles. The lowest BCUT2D eigenvalue weighted by Crippen LogP contribution is -2.26. The van der Waals surface area contributed by atoms with Gasteiger partial charge >= 0.3 is 0 Å². The van der Waals surface area contributed by atoms with Gasteiger partial charge in [-0.05, 0) is 66.0 Å². The van der Waals surface area contributed by atoms with E-state index in [-0.39, 0.29) is 10.8 Å². The standard InChI is InChI=1S/C26H36O2/c1-8-26(9-2,22-13-14-23(27)19(4)17-22)21-12-10-20(18(3)16-21)11-15-24(28)25(5,6)7/h10-17,24,27-28H,8-9H2,1-7H3. The fourth-order valence-corrected chi connectivity index (χ4v) is 3.83. The van der Waals surface area contributed by atoms with Crippen LogP contribution in [0.3, 0.4) is 0 Å². The molecule has 0 heterocycles. The van der Waals surface area contributed by atoms with Gasteiger partial charge in [-0.15, -0.1) is 0 Å². The van der Waals surface area contributed by atoms with E-state index >= 15 is 0 Å². The van der Waals surface area contributed by atoms with Gasteiger partial charge in [0.2, 0.25) is 0 Å². The van der Waals surface area contributed by atoms with Crippen LogP contribution in [-0.2, 0) is 5.41 Å². The number of rotatable bonds is 6. The molecule has 2 nitrogen and oxygen atoms in total. The molecule has 2 N–H and O–H groups in total. The average Bonchev–Trinajstić information content (AvgIpc) is 2.64. The Morgan fingerprint density at radius 3 is 1.89 bits per heavy atom. The van der Waals surface area contributed by atoms with Crippen LogP contribution in [0.15, 0.2) is 42.5 Å². The van der Waals surface area contributed by atoms with Crippen LogP contribution >= 0.6 is 0 Å². The van der Waals surface area contributed by atoms with Crippen LogP contribution in [0.2, 0.25) is 0 Å². The first-order valence-corrected chi connectivity index (χ1v) is 10.3. The molecule has 2 aromatic carbocycles. The van der Waals surface area contributed by atoms with Gasteiger partial charge in [0.1, 0.15) is 5.75 Å². The second-order valence-electron chi connectivity index (χ2n) is 9.03. The van der Waals surface area contributed by atoms with Crippen LogP contribution in [0.4, 0.5) is 0 Å². The van der Waals surface area contributed by atoms with E-state index < -0.39 is 6.10 Å². The number of aryl methyl sites for hydroxylation is 2. The summed E-state index contributed by atoms with van der Waals surface area (Å²) in [7, 11) is 0. The molecule has 0 amide bonds. The third-order valence-electron chi connectivity index (χ3n) is 6.12. The number of phenols is 1. The Labute approximate surface area is 170 Å². The van der Waals surface area contributed by atoms with Crippen molar-refractivity contribution < 1.29 is 10.2 Å². The molecule has 0 saturated heterocycles. The molecule has 2 rings (SSSR count). The van der Waals surface area contributed by atoms with Gasteiger partial charge in [0.25, 0.3) is 0 Å². The summed E-state index contributed by atoms with van der Waals surface area (Å²) in [6.45, 7) is 14.7. The van der Waals surface area contributed by atoms with Gasteiger partial charge in [-0.25, -0.2) is 0 Å². The van der Waals surface area contributed by atoms with Crippen molar-refractivity contribution in [2.24, 2.45) is 5.41 Å². The molecule has 2 heteroatoms. The van der Waals surface area contributed by atoms with E-state index in [4.69, 9.17) is 0 Å². The van der Waals surface area contributed by atoms with E-state index in [1.54, 1.807) is 0 Å². The molecule has 0 fully saturated rings. The van der Waals surface area contributed by atoms with Crippen molar-refractivity contribution in [1.29, 1.82) is 0 Å². The summed E-state index contributed by atoms with van der Waals surface area (Å²) in [6, 6.07) is 12.6. The Morgan fingerprint density at radius 2 is 1.43 bits per heavy atom. The molecule has 0 spiro atoms. The lowest BCUT2D eigenvalue weighted by Gasteiger charge is -2.34. The summed E-state index contributed by atoms with van der Waals surface area (Å²) in [6.07, 6.45) is 5.42. The fourth-order valence-electron chi connectivity index (χ4n) is 3.83. The van der Waals surface area contributed by atoms with E-state index in [1.165, 1.54) is 16.7 Å². The molecule has 152 valence electrons. The number of benzene rings is 2. The molecular weight excluding hydrogens is 344 g/mol. The van der Waals surface area contributed by atoms with Crippen molar-refractivity contribution >= 4 is 6.08 Å². The quantitative estimate of drug-likeness (QED) is 0.597. The summed E-state index contributed by atoms with van der Waals surface area (Å²) in [4.78, 5) is 0. The van der Waals surface area contributed by atoms with Crippen LogP contribution in [0.25, 0.3) is 6.08 Å². The Bertz CT molecular complexity index is 836. The molecule has 1 unspecified atom stereocenters. The lowest BCUT2D eigenvalue weighted by molar-refractivity contribution is 0.106. The fraction of sp³-hybridized carbons (Fsp3) is 0.462. The highest BCUT2D eigenvalue weighted by atomic mass is 16.3. The van der Waals surface area contributed by atoms with E-state index in [0.717, 1.165) is 24.0 Å². The van der Waals surface area contributed by atoms with Crippen LogP contribution in [0, 0.1) is 19.3 Å². The Morgan fingerprint density at radius 1 is 0.893 bits per heavy atom. The first-order chi connectivity index (χ1) is 13.0. The summed E-state index contributed by atoms with van der Waals surface area (Å²) in [5, 5.41) is 20.2. The van der Waals surface area contributed by atoms with Gasteiger partial charge in [0.05, 0.1) is 6.10 Å². The highest BCUT2D eigenvalue weighted by Gasteiger charge is 2.31. The van der Waals surface area contributed by atoms with Crippen LogP contribution in [0.1, 0.15) is 75.3 Å². The molecule has 0 aliphatic rings. The van der Waals surface area contributed by atoms with E-state index in [2.05, 4.69) is 51.1 Å². The van der Waals surface area contributed by atoms with E-state index in [1.807, 2.05) is 45.9 Å². The minimum Gasteiger partial charge on any atom is -0.508 e. The number of phenolic OH excluding ortho intramolecular Hbond substituents is 1. The minimum atomic E-state index is -0.475. The smallest absolute Gasteiger partial charge is 0.118 e. The maximum absolute atomic E-state index is 10.3. The minimum absolute atomic E-state index is 0.0730. The summed E-state index contributed by atoms with van der Waals surface area (Å²) < 4.78 is 0. The van der Waals surface area contributed by atoms with Crippen molar-refractivity contribution in [3.05, 3.63) is 70.3 Å². The van der Waals surface area contributed by atoms with Gasteiger partial charge in [-0.1, -0.05) is 77.1 Å². The van der Waals surface area contributed by atoms with Crippen molar-refractivity contribution in [3.63, 3.8) is 0 Å². The Balaban J connectivity index is 2.45. The highest BCUT2D eigenvalue weighted by Crippen LogP contribution is 2.40. The molecule has 0 radical (unpaired) electrons. The monoisotopic (exact) mass is 380 g/mol. The van der Waals surface area contributed by atoms with Crippen molar-refractivity contribution in [1.82, 2.24) is 0 Å². The third kappa shape index (κ3) is 4.50. The van der Waals surface area contributed by atoms with Gasteiger partial charge in [-0.2, -0.15) is 0 Å². The van der Waals surface area contributed by atoms with Gasteiger partial charge in [0.15, 0.2) is 0 Å². The largest absolute Gasteiger partial charge is 0.508 e. The second kappa shape index (κ2) is 8.53. The zero-order valence-electron chi connectivity index (χ0n) is 18.5. The van der Waals surface area contributed by atoms with Crippen LogP contribution in [-0.4, -0.2) is 16.3 Å². The predicted octanol–water partition coefficient (Wildman–Crippen LogP) is 6.54. The van der Waals surface area contributed by atoms with Gasteiger partial charge < -0.3 is 10.2 Å². The number of hydrogen-bond acceptors (Lipinski definition) is 2. The van der Waals surface area contributed by atoms with Crippen LogP contribution in [0.5, 0.6) is 5.75 Å². The molecule has 2 aromatic rings. The SMILES string of the molecule is CCC(CC)(c1ccc(O)c(C)c1)c1ccc(C=CC(O)C(C)(C)C)c(C)c1. The van der Waals surface area contributed by atoms with Crippen molar-refractivity contribution in [2.45, 2.75) is 72.8 Å². The highest BCUT2D eigenvalue weighted by molar-refractivity contribution is 5.56. The summed E-state index contributed by atoms with van der Waals surface area (Å²) in [5.74, 6) is 0.346. The topological polar surface area (TPSA) is 40.5 Å². The maximum Gasteiger partial charge on any atom is 0.118 e. The number of aliphatic hydroxyl groups excluding tert-OH is 1. The van der Waals surface area contributed by atoms with Crippen molar-refractivity contribution in [2.75, 3.05) is 0 Å². The van der Waals surface area contributed by atoms with E-state index in [0.29, 0.717) is 5.75 Å². The number of aliphatic hydroxyl groups is 1. The van der Waals surface area contributed by atoms with E-state index in [9.17, 15) is 10.2 Å². The number of hydrogen-bond donors (Lipinski definition) is 2. The van der Waals surface area contributed by atoms with Crippen molar-refractivity contribution in [3.8, 4) is 5.75 Å². The molecular formula is C26H36O2. The van der Waals surface area contributed by atoms with Crippen LogP contribution < -0.4 is 0 Å². The molecule has 0 aliphatic carbocycles. The zero-order chi connectivity index (χ0) is 21.1. The predicted molar refractivity (Wildman–Crippen MR) is 120 cm³/mol. The zero-order valence-corrected chi connectivity index (χ0v) is 18.5. The summed E-state index contributed by atoms with van der Waals surface area (Å²) in [5.41, 5.74) is 5.56. The third-order valence-corrected chi connectivity index (χ3v) is 6.12. The average molecular weight is 381 g/mol. The van der Waals surface area contributed by atoms with Gasteiger partial charge in [0, 0.05) is 5.41 Å². The summed E-state index contributed by atoms with van der Waals surface area (Å²) >= 11 is 0. The first-order valence-electron chi connectivity index (χ1n) is 10.3. The maximum atomic E-state index is 10.3. The Hall–Kier alpha value is -2.06. The molecule has 28 heavy (non-hydrogen) atoms. The second-order valence-corrected chi connectivity index (χ2v) is 9.03. The molecule has 0 aromatic heterocycles. The molecule has 0 aliphatic heterocycles. The number of aromatic hydroxyl groups is 1. The molecule has 0 bridgehead atoms. The first kappa shape index (κ1) is 22.2. The molecule has 1 atom stereocenters. The van der Waals surface area contributed by atoms with Gasteiger partial charge in [-0.3, -0.25) is 0 Å². The Kier molecular flexibility index (Phi) is 6.77. The lowest BCUT2D eigenvalue weighted by atomic mass is 9.70.